The van der Waals surface area contributed by atoms with Crippen molar-refractivity contribution in [1.29, 1.82) is 0 Å². The quantitative estimate of drug-likeness (QED) is 0.930. The molecule has 1 aromatic heterocycles. The summed E-state index contributed by atoms with van der Waals surface area (Å²) in [5, 5.41) is 9.56. The molecule has 0 bridgehead atoms. The molecular weight excluding hydrogens is 308 g/mol. The third-order valence-electron chi connectivity index (χ3n) is 4.35. The minimum atomic E-state index is -0.899. The molecule has 1 amide bonds. The zero-order valence-corrected chi connectivity index (χ0v) is 13.3. The first-order valence-electron chi connectivity index (χ1n) is 7.66. The van der Waals surface area contributed by atoms with Gasteiger partial charge >= 0.3 is 5.97 Å². The fraction of sp³-hybridized carbons (Fsp3) is 0.278. The SMILES string of the molecule is COc1cccc(C2CN(C(=O)c3cccnc3)CC2C(=O)O)c1. The molecule has 0 radical (unpaired) electrons. The second-order valence-corrected chi connectivity index (χ2v) is 5.78. The number of hydrogen-bond donors (Lipinski definition) is 1. The van der Waals surface area contributed by atoms with Crippen LogP contribution in [0, 0.1) is 5.92 Å². The minimum Gasteiger partial charge on any atom is -0.497 e. The van der Waals surface area contributed by atoms with Crippen molar-refractivity contribution in [3.63, 3.8) is 0 Å². The molecule has 2 unspecified atom stereocenters. The van der Waals surface area contributed by atoms with Gasteiger partial charge in [0.25, 0.3) is 5.91 Å². The van der Waals surface area contributed by atoms with Crippen molar-refractivity contribution in [2.75, 3.05) is 20.2 Å². The van der Waals surface area contributed by atoms with E-state index in [9.17, 15) is 14.7 Å². The van der Waals surface area contributed by atoms with E-state index in [2.05, 4.69) is 4.98 Å². The van der Waals surface area contributed by atoms with Crippen LogP contribution in [0.4, 0.5) is 0 Å². The molecule has 1 N–H and O–H groups in total. The molecule has 0 spiro atoms. The summed E-state index contributed by atoms with van der Waals surface area (Å²) in [6, 6.07) is 10.7. The Hall–Kier alpha value is -2.89. The molecule has 0 aliphatic carbocycles. The number of ether oxygens (including phenoxy) is 1. The Morgan fingerprint density at radius 1 is 1.25 bits per heavy atom. The van der Waals surface area contributed by atoms with E-state index in [4.69, 9.17) is 4.74 Å². The number of carboxylic acids is 1. The molecule has 1 aliphatic rings. The highest BCUT2D eigenvalue weighted by Gasteiger charge is 2.40. The second kappa shape index (κ2) is 6.70. The van der Waals surface area contributed by atoms with Crippen LogP contribution in [0.1, 0.15) is 21.8 Å². The van der Waals surface area contributed by atoms with Crippen molar-refractivity contribution in [2.24, 2.45) is 5.92 Å². The topological polar surface area (TPSA) is 79.7 Å². The smallest absolute Gasteiger partial charge is 0.308 e. The predicted molar refractivity (Wildman–Crippen MR) is 87.0 cm³/mol. The number of aliphatic carboxylic acids is 1. The van der Waals surface area contributed by atoms with Gasteiger partial charge in [0.1, 0.15) is 5.75 Å². The number of carboxylic acid groups (broad SMARTS) is 1. The summed E-state index contributed by atoms with van der Waals surface area (Å²) in [6.07, 6.45) is 3.09. The third-order valence-corrected chi connectivity index (χ3v) is 4.35. The van der Waals surface area contributed by atoms with E-state index in [1.165, 1.54) is 6.20 Å². The maximum atomic E-state index is 12.6. The number of rotatable bonds is 4. The van der Waals surface area contributed by atoms with Gasteiger partial charge in [-0.25, -0.2) is 0 Å². The zero-order chi connectivity index (χ0) is 17.1. The lowest BCUT2D eigenvalue weighted by Crippen LogP contribution is -2.29. The lowest BCUT2D eigenvalue weighted by molar-refractivity contribution is -0.141. The average molecular weight is 326 g/mol. The predicted octanol–water partition coefficient (Wildman–Crippen LogP) is 2.03. The van der Waals surface area contributed by atoms with Gasteiger partial charge < -0.3 is 14.7 Å². The second-order valence-electron chi connectivity index (χ2n) is 5.78. The fourth-order valence-corrected chi connectivity index (χ4v) is 3.10. The number of nitrogens with zero attached hydrogens (tertiary/aromatic N) is 2. The molecule has 1 saturated heterocycles. The molecule has 6 heteroatoms. The first kappa shape index (κ1) is 16.0. The van der Waals surface area contributed by atoms with E-state index in [0.717, 1.165) is 5.56 Å². The number of amides is 1. The molecule has 1 aromatic carbocycles. The van der Waals surface area contributed by atoms with Gasteiger partial charge in [0, 0.05) is 31.4 Å². The van der Waals surface area contributed by atoms with Crippen LogP contribution in [0.25, 0.3) is 0 Å². The van der Waals surface area contributed by atoms with Crippen molar-refractivity contribution in [3.8, 4) is 5.75 Å². The van der Waals surface area contributed by atoms with Crippen molar-refractivity contribution < 1.29 is 19.4 Å². The molecule has 1 aliphatic heterocycles. The van der Waals surface area contributed by atoms with Gasteiger partial charge in [-0.3, -0.25) is 14.6 Å². The summed E-state index contributed by atoms with van der Waals surface area (Å²) >= 11 is 0. The fourth-order valence-electron chi connectivity index (χ4n) is 3.10. The number of carbonyl (C=O) groups is 2. The first-order valence-corrected chi connectivity index (χ1v) is 7.66. The number of aromatic nitrogens is 1. The van der Waals surface area contributed by atoms with Crippen LogP contribution < -0.4 is 4.74 Å². The molecule has 2 atom stereocenters. The number of pyridine rings is 1. The van der Waals surface area contributed by atoms with Gasteiger partial charge in [0.05, 0.1) is 18.6 Å². The molecule has 124 valence electrons. The van der Waals surface area contributed by atoms with Crippen molar-refractivity contribution in [1.82, 2.24) is 9.88 Å². The molecule has 3 rings (SSSR count). The minimum absolute atomic E-state index is 0.185. The van der Waals surface area contributed by atoms with E-state index in [0.29, 0.717) is 17.9 Å². The van der Waals surface area contributed by atoms with E-state index >= 15 is 0 Å². The van der Waals surface area contributed by atoms with Crippen LogP contribution in [0.3, 0.4) is 0 Å². The summed E-state index contributed by atoms with van der Waals surface area (Å²) in [7, 11) is 1.57. The Morgan fingerprint density at radius 3 is 2.75 bits per heavy atom. The molecule has 2 aromatic rings. The molecule has 0 saturated carbocycles. The van der Waals surface area contributed by atoms with E-state index in [-0.39, 0.29) is 18.4 Å². The van der Waals surface area contributed by atoms with E-state index < -0.39 is 11.9 Å². The first-order chi connectivity index (χ1) is 11.6. The van der Waals surface area contributed by atoms with Gasteiger partial charge in [-0.05, 0) is 29.8 Å². The van der Waals surface area contributed by atoms with Crippen LogP contribution in [0.15, 0.2) is 48.8 Å². The Morgan fingerprint density at radius 2 is 2.08 bits per heavy atom. The number of likely N-dealkylation sites (tertiary alicyclic amines) is 1. The van der Waals surface area contributed by atoms with Crippen LogP contribution in [0.2, 0.25) is 0 Å². The van der Waals surface area contributed by atoms with E-state index in [1.54, 1.807) is 30.3 Å². The zero-order valence-electron chi connectivity index (χ0n) is 13.3. The number of hydrogen-bond acceptors (Lipinski definition) is 4. The number of benzene rings is 1. The summed E-state index contributed by atoms with van der Waals surface area (Å²) in [5.74, 6) is -1.33. The van der Waals surface area contributed by atoms with Crippen molar-refractivity contribution in [3.05, 3.63) is 59.9 Å². The number of carbonyl (C=O) groups excluding carboxylic acids is 1. The third kappa shape index (κ3) is 3.08. The lowest BCUT2D eigenvalue weighted by atomic mass is 9.89. The van der Waals surface area contributed by atoms with Gasteiger partial charge in [-0.2, -0.15) is 0 Å². The summed E-state index contributed by atoms with van der Waals surface area (Å²) in [6.45, 7) is 0.544. The Balaban J connectivity index is 1.87. The van der Waals surface area contributed by atoms with Gasteiger partial charge in [-0.1, -0.05) is 12.1 Å². The molecule has 1 fully saturated rings. The van der Waals surface area contributed by atoms with Gasteiger partial charge in [0.15, 0.2) is 0 Å². The lowest BCUT2D eigenvalue weighted by Gasteiger charge is -2.17. The van der Waals surface area contributed by atoms with Crippen molar-refractivity contribution >= 4 is 11.9 Å². The maximum Gasteiger partial charge on any atom is 0.308 e. The number of methoxy groups -OCH3 is 1. The normalized spacial score (nSPS) is 20.0. The Bertz CT molecular complexity index is 748. The summed E-state index contributed by atoms with van der Waals surface area (Å²) < 4.78 is 5.22. The molecule has 6 nitrogen and oxygen atoms in total. The molecular formula is C18H18N2O4. The van der Waals surface area contributed by atoms with Crippen LogP contribution in [-0.4, -0.2) is 47.1 Å². The Kier molecular flexibility index (Phi) is 4.46. The average Bonchev–Trinajstić information content (AvgIpc) is 3.07. The summed E-state index contributed by atoms with van der Waals surface area (Å²) in [4.78, 5) is 29.8. The standard InChI is InChI=1S/C18H18N2O4/c1-24-14-6-2-4-12(8-14)15-10-20(11-16(15)18(22)23)17(21)13-5-3-7-19-9-13/h2-9,15-16H,10-11H2,1H3,(H,22,23). The highest BCUT2D eigenvalue weighted by atomic mass is 16.5. The molecule has 24 heavy (non-hydrogen) atoms. The maximum absolute atomic E-state index is 12.6. The molecule has 2 heterocycles. The van der Waals surface area contributed by atoms with Crippen LogP contribution >= 0.6 is 0 Å². The largest absolute Gasteiger partial charge is 0.497 e. The van der Waals surface area contributed by atoms with Crippen LogP contribution in [0.5, 0.6) is 5.75 Å². The Labute approximate surface area is 139 Å². The monoisotopic (exact) mass is 326 g/mol. The highest BCUT2D eigenvalue weighted by molar-refractivity contribution is 5.94. The van der Waals surface area contributed by atoms with Crippen LogP contribution in [-0.2, 0) is 4.79 Å². The van der Waals surface area contributed by atoms with E-state index in [1.807, 2.05) is 24.3 Å². The van der Waals surface area contributed by atoms with Crippen molar-refractivity contribution in [2.45, 2.75) is 5.92 Å². The van der Waals surface area contributed by atoms with Gasteiger partial charge in [-0.15, -0.1) is 0 Å². The summed E-state index contributed by atoms with van der Waals surface area (Å²) in [5.41, 5.74) is 1.33. The highest BCUT2D eigenvalue weighted by Crippen LogP contribution is 2.35. The van der Waals surface area contributed by atoms with Gasteiger partial charge in [0.2, 0.25) is 0 Å².